The van der Waals surface area contributed by atoms with Crippen LogP contribution in [0, 0.1) is 12.8 Å². The molecule has 2 aromatic rings. The molecular weight excluding hydrogens is 491 g/mol. The molecule has 0 radical (unpaired) electrons. The molecule has 3 rings (SSSR count). The summed E-state index contributed by atoms with van der Waals surface area (Å²) in [6.45, 7) is 10.1. The Kier molecular flexibility index (Phi) is 8.83. The molecule has 0 spiro atoms. The standard InChI is InChI=1S/C20H18Cl3NO2.C5H10F2/c1-10-4-5-13(8-16(10)21)19-18(20(19,22)23)11(2)24-14-6-7-17(26)15(9-14)12(3)25;1-3-4-5(2,6)7/h4-9,18-19,24,26H,2H2,1,3H3;3-4H2,1-2H3. The number of rotatable bonds is 7. The van der Waals surface area contributed by atoms with E-state index in [1.807, 2.05) is 25.1 Å². The molecule has 0 aliphatic heterocycles. The number of aromatic hydroxyl groups is 1. The molecule has 1 saturated carbocycles. The lowest BCUT2D eigenvalue weighted by Crippen LogP contribution is -2.07. The number of carbonyl (C=O) groups is 1. The molecule has 1 aliphatic rings. The lowest BCUT2D eigenvalue weighted by molar-refractivity contribution is 0.0123. The Morgan fingerprint density at radius 2 is 1.88 bits per heavy atom. The fourth-order valence-corrected chi connectivity index (χ4v) is 4.66. The lowest BCUT2D eigenvalue weighted by atomic mass is 10.1. The molecule has 1 aliphatic carbocycles. The normalized spacial score (nSPS) is 18.7. The number of alkyl halides is 4. The van der Waals surface area contributed by atoms with Crippen LogP contribution in [-0.4, -0.2) is 21.1 Å². The second-order valence-corrected chi connectivity index (χ2v) is 10.2. The molecule has 2 atom stereocenters. The van der Waals surface area contributed by atoms with Crippen molar-refractivity contribution in [1.82, 2.24) is 0 Å². The third kappa shape index (κ3) is 7.08. The minimum atomic E-state index is -2.45. The Morgan fingerprint density at radius 3 is 2.36 bits per heavy atom. The van der Waals surface area contributed by atoms with E-state index < -0.39 is 10.3 Å². The van der Waals surface area contributed by atoms with Crippen molar-refractivity contribution < 1.29 is 18.7 Å². The molecule has 1 fully saturated rings. The van der Waals surface area contributed by atoms with Crippen molar-refractivity contribution in [1.29, 1.82) is 0 Å². The van der Waals surface area contributed by atoms with Crippen molar-refractivity contribution >= 4 is 46.3 Å². The van der Waals surface area contributed by atoms with Gasteiger partial charge in [0, 0.05) is 34.7 Å². The molecule has 3 nitrogen and oxygen atoms in total. The van der Waals surface area contributed by atoms with Gasteiger partial charge >= 0.3 is 0 Å². The Labute approximate surface area is 208 Å². The number of hydrogen-bond donors (Lipinski definition) is 2. The van der Waals surface area contributed by atoms with Crippen LogP contribution in [0.5, 0.6) is 5.75 Å². The van der Waals surface area contributed by atoms with Gasteiger partial charge in [0.2, 0.25) is 5.92 Å². The van der Waals surface area contributed by atoms with E-state index in [1.54, 1.807) is 19.1 Å². The number of anilines is 1. The third-order valence-corrected chi connectivity index (χ3v) is 6.70. The zero-order chi connectivity index (χ0) is 25.1. The van der Waals surface area contributed by atoms with Gasteiger partial charge in [0.15, 0.2) is 5.78 Å². The van der Waals surface area contributed by atoms with Crippen molar-refractivity contribution in [3.8, 4) is 5.75 Å². The highest BCUT2D eigenvalue weighted by atomic mass is 35.5. The molecule has 33 heavy (non-hydrogen) atoms. The molecule has 0 saturated heterocycles. The number of Topliss-reactive ketones (excluding diaryl/α,β-unsaturated/α-hetero) is 1. The van der Waals surface area contributed by atoms with Gasteiger partial charge in [-0.25, -0.2) is 8.78 Å². The molecule has 0 amide bonds. The third-order valence-electron chi connectivity index (χ3n) is 5.35. The van der Waals surface area contributed by atoms with Crippen LogP contribution in [-0.2, 0) is 0 Å². The van der Waals surface area contributed by atoms with E-state index in [0.717, 1.165) is 18.1 Å². The molecule has 180 valence electrons. The van der Waals surface area contributed by atoms with Crippen molar-refractivity contribution in [2.75, 3.05) is 5.32 Å². The highest BCUT2D eigenvalue weighted by Crippen LogP contribution is 2.67. The van der Waals surface area contributed by atoms with Gasteiger partial charge in [0.05, 0.1) is 5.56 Å². The molecular formula is C25H28Cl3F2NO2. The summed E-state index contributed by atoms with van der Waals surface area (Å²) in [4.78, 5) is 11.6. The largest absolute Gasteiger partial charge is 0.507 e. The maximum atomic E-state index is 11.7. The number of hydrogen-bond acceptors (Lipinski definition) is 3. The second kappa shape index (κ2) is 10.6. The predicted molar refractivity (Wildman–Crippen MR) is 133 cm³/mol. The van der Waals surface area contributed by atoms with Crippen molar-refractivity contribution in [3.63, 3.8) is 0 Å². The zero-order valence-electron chi connectivity index (χ0n) is 19.0. The molecule has 0 aromatic heterocycles. The van der Waals surface area contributed by atoms with E-state index in [2.05, 4.69) is 11.9 Å². The first-order chi connectivity index (χ1) is 15.2. The summed E-state index contributed by atoms with van der Waals surface area (Å²) in [6.07, 6.45) is 0.566. The number of carbonyl (C=O) groups excluding carboxylic acids is 1. The fraction of sp³-hybridized carbons (Fsp3) is 0.400. The molecule has 2 N–H and O–H groups in total. The summed E-state index contributed by atoms with van der Waals surface area (Å²) in [5, 5.41) is 13.6. The van der Waals surface area contributed by atoms with Gasteiger partial charge in [-0.3, -0.25) is 4.79 Å². The monoisotopic (exact) mass is 517 g/mol. The Balaban J connectivity index is 0.000000479. The zero-order valence-corrected chi connectivity index (χ0v) is 21.3. The number of ketones is 1. The minimum Gasteiger partial charge on any atom is -0.507 e. The van der Waals surface area contributed by atoms with Crippen LogP contribution in [0.25, 0.3) is 0 Å². The van der Waals surface area contributed by atoms with Crippen LogP contribution in [0.4, 0.5) is 14.5 Å². The van der Waals surface area contributed by atoms with Gasteiger partial charge in [0.25, 0.3) is 0 Å². The van der Waals surface area contributed by atoms with Gasteiger partial charge in [-0.2, -0.15) is 0 Å². The summed E-state index contributed by atoms with van der Waals surface area (Å²) >= 11 is 19.2. The van der Waals surface area contributed by atoms with Crippen molar-refractivity contribution in [2.24, 2.45) is 5.92 Å². The molecule has 2 aromatic carbocycles. The van der Waals surface area contributed by atoms with Crippen LogP contribution >= 0.6 is 34.8 Å². The van der Waals surface area contributed by atoms with E-state index in [1.165, 1.54) is 13.0 Å². The number of allylic oxidation sites excluding steroid dienone is 1. The molecule has 0 heterocycles. The summed E-state index contributed by atoms with van der Waals surface area (Å²) in [7, 11) is 0. The van der Waals surface area contributed by atoms with E-state index in [-0.39, 0.29) is 35.4 Å². The first kappa shape index (κ1) is 27.4. The van der Waals surface area contributed by atoms with Crippen LogP contribution < -0.4 is 5.32 Å². The Hall–Kier alpha value is -1.82. The summed E-state index contributed by atoms with van der Waals surface area (Å²) in [5.41, 5.74) is 3.45. The van der Waals surface area contributed by atoms with E-state index in [4.69, 9.17) is 34.8 Å². The highest BCUT2D eigenvalue weighted by molar-refractivity contribution is 6.52. The number of phenols is 1. The number of nitrogens with one attached hydrogen (secondary N) is 1. The van der Waals surface area contributed by atoms with Crippen LogP contribution in [0.15, 0.2) is 48.7 Å². The smallest absolute Gasteiger partial charge is 0.245 e. The minimum absolute atomic E-state index is 0.00694. The van der Waals surface area contributed by atoms with Gasteiger partial charge in [-0.15, -0.1) is 23.2 Å². The Bertz CT molecular complexity index is 1030. The number of halogens is 5. The van der Waals surface area contributed by atoms with E-state index >= 15 is 0 Å². The molecule has 8 heteroatoms. The second-order valence-electron chi connectivity index (χ2n) is 8.40. The number of aryl methyl sites for hydroxylation is 1. The predicted octanol–water partition coefficient (Wildman–Crippen LogP) is 8.51. The highest BCUT2D eigenvalue weighted by Gasteiger charge is 2.65. The van der Waals surface area contributed by atoms with Gasteiger partial charge in [0.1, 0.15) is 10.1 Å². The number of phenolic OH excluding ortho intramolecular Hbond substituents is 1. The van der Waals surface area contributed by atoms with E-state index in [0.29, 0.717) is 22.8 Å². The van der Waals surface area contributed by atoms with Crippen molar-refractivity contribution in [3.05, 3.63) is 70.4 Å². The molecule has 0 bridgehead atoms. The van der Waals surface area contributed by atoms with Gasteiger partial charge in [-0.05, 0) is 56.2 Å². The van der Waals surface area contributed by atoms with Gasteiger partial charge in [-0.1, -0.05) is 43.7 Å². The number of benzene rings is 2. The van der Waals surface area contributed by atoms with Crippen LogP contribution in [0.2, 0.25) is 5.02 Å². The SMILES string of the molecule is C=C(Nc1ccc(O)c(C(C)=O)c1)C1C(c2ccc(C)c(Cl)c2)C1(Cl)Cl.CCCC(C)(F)F. The summed E-state index contributed by atoms with van der Waals surface area (Å²) < 4.78 is 22.5. The Morgan fingerprint density at radius 1 is 1.24 bits per heavy atom. The summed E-state index contributed by atoms with van der Waals surface area (Å²) in [6, 6.07) is 10.5. The van der Waals surface area contributed by atoms with Crippen LogP contribution in [0.1, 0.15) is 61.0 Å². The lowest BCUT2D eigenvalue weighted by Gasteiger charge is -2.11. The average molecular weight is 519 g/mol. The van der Waals surface area contributed by atoms with Crippen LogP contribution in [0.3, 0.4) is 0 Å². The quantitative estimate of drug-likeness (QED) is 0.219. The molecule has 2 unspecified atom stereocenters. The van der Waals surface area contributed by atoms with E-state index in [9.17, 15) is 18.7 Å². The topological polar surface area (TPSA) is 49.3 Å². The maximum Gasteiger partial charge on any atom is 0.245 e. The first-order valence-corrected chi connectivity index (χ1v) is 11.6. The average Bonchev–Trinajstić information content (AvgIpc) is 3.27. The fourth-order valence-electron chi connectivity index (χ4n) is 3.58. The van der Waals surface area contributed by atoms with Crippen molar-refractivity contribution in [2.45, 2.75) is 56.7 Å². The van der Waals surface area contributed by atoms with Gasteiger partial charge < -0.3 is 10.4 Å². The maximum absolute atomic E-state index is 11.7. The first-order valence-electron chi connectivity index (χ1n) is 10.5. The summed E-state index contributed by atoms with van der Waals surface area (Å²) in [5.74, 6) is -3.07.